The van der Waals surface area contributed by atoms with Crippen molar-refractivity contribution in [2.24, 2.45) is 4.99 Å². The van der Waals surface area contributed by atoms with E-state index in [-0.39, 0.29) is 29.9 Å². The van der Waals surface area contributed by atoms with E-state index >= 15 is 0 Å². The number of unbranched alkanes of at least 4 members (excludes halogenated alkanes) is 1. The SMILES string of the molecule is CCNC(=NCCCCC(=O)OC)N(C)Cc1ccc(OC)cc1.I. The van der Waals surface area contributed by atoms with Gasteiger partial charge in [0, 0.05) is 33.1 Å². The van der Waals surface area contributed by atoms with Gasteiger partial charge in [-0.05, 0) is 37.5 Å². The van der Waals surface area contributed by atoms with E-state index in [1.807, 2.05) is 26.1 Å². The summed E-state index contributed by atoms with van der Waals surface area (Å²) in [5.41, 5.74) is 1.19. The highest BCUT2D eigenvalue weighted by Gasteiger charge is 2.07. The Hall–Kier alpha value is -1.51. The van der Waals surface area contributed by atoms with E-state index in [9.17, 15) is 4.79 Å². The van der Waals surface area contributed by atoms with E-state index in [0.29, 0.717) is 13.0 Å². The van der Waals surface area contributed by atoms with Gasteiger partial charge in [0.15, 0.2) is 5.96 Å². The minimum absolute atomic E-state index is 0. The Balaban J connectivity index is 0.00000576. The largest absolute Gasteiger partial charge is 0.497 e. The van der Waals surface area contributed by atoms with Gasteiger partial charge in [-0.2, -0.15) is 0 Å². The molecule has 25 heavy (non-hydrogen) atoms. The number of rotatable bonds is 9. The first-order valence-electron chi connectivity index (χ1n) is 8.29. The van der Waals surface area contributed by atoms with Crippen LogP contribution in [0.15, 0.2) is 29.3 Å². The van der Waals surface area contributed by atoms with Gasteiger partial charge in [-0.25, -0.2) is 0 Å². The third-order valence-electron chi connectivity index (χ3n) is 3.55. The minimum atomic E-state index is -0.164. The summed E-state index contributed by atoms with van der Waals surface area (Å²) >= 11 is 0. The molecule has 6 nitrogen and oxygen atoms in total. The number of hydrogen-bond acceptors (Lipinski definition) is 4. The van der Waals surface area contributed by atoms with Gasteiger partial charge in [0.25, 0.3) is 0 Å². The Morgan fingerprint density at radius 2 is 1.88 bits per heavy atom. The minimum Gasteiger partial charge on any atom is -0.497 e. The van der Waals surface area contributed by atoms with E-state index in [1.165, 1.54) is 12.7 Å². The monoisotopic (exact) mass is 463 g/mol. The zero-order valence-corrected chi connectivity index (χ0v) is 17.9. The molecular formula is C18H30IN3O3. The number of carbonyl (C=O) groups is 1. The molecule has 0 aliphatic carbocycles. The van der Waals surface area contributed by atoms with Gasteiger partial charge in [0.2, 0.25) is 0 Å². The van der Waals surface area contributed by atoms with Gasteiger partial charge in [-0.15, -0.1) is 24.0 Å². The van der Waals surface area contributed by atoms with Crippen LogP contribution in [-0.2, 0) is 16.1 Å². The molecule has 0 aliphatic rings. The normalized spacial score (nSPS) is 10.6. The molecule has 0 unspecified atom stereocenters. The van der Waals surface area contributed by atoms with Crippen LogP contribution in [0.4, 0.5) is 0 Å². The second-order valence-corrected chi connectivity index (χ2v) is 5.47. The van der Waals surface area contributed by atoms with Crippen LogP contribution in [0.1, 0.15) is 31.7 Å². The van der Waals surface area contributed by atoms with Crippen LogP contribution in [0, 0.1) is 0 Å². The number of guanidine groups is 1. The average Bonchev–Trinajstić information content (AvgIpc) is 2.60. The van der Waals surface area contributed by atoms with Gasteiger partial charge in [0.05, 0.1) is 14.2 Å². The van der Waals surface area contributed by atoms with Crippen LogP contribution in [0.2, 0.25) is 0 Å². The van der Waals surface area contributed by atoms with Crippen molar-refractivity contribution in [1.29, 1.82) is 0 Å². The van der Waals surface area contributed by atoms with Crippen molar-refractivity contribution in [2.45, 2.75) is 32.7 Å². The zero-order valence-electron chi connectivity index (χ0n) is 15.6. The molecule has 0 atom stereocenters. The molecule has 0 amide bonds. The van der Waals surface area contributed by atoms with Crippen molar-refractivity contribution in [3.8, 4) is 5.75 Å². The second-order valence-electron chi connectivity index (χ2n) is 5.47. The van der Waals surface area contributed by atoms with Crippen molar-refractivity contribution in [1.82, 2.24) is 10.2 Å². The van der Waals surface area contributed by atoms with E-state index in [0.717, 1.165) is 37.6 Å². The molecule has 0 heterocycles. The van der Waals surface area contributed by atoms with Gasteiger partial charge in [-0.3, -0.25) is 9.79 Å². The summed E-state index contributed by atoms with van der Waals surface area (Å²) in [4.78, 5) is 17.8. The Kier molecular flexibility index (Phi) is 12.9. The highest BCUT2D eigenvalue weighted by molar-refractivity contribution is 14.0. The Morgan fingerprint density at radius 1 is 1.20 bits per heavy atom. The van der Waals surface area contributed by atoms with Gasteiger partial charge < -0.3 is 19.7 Å². The summed E-state index contributed by atoms with van der Waals surface area (Å²) in [6.45, 7) is 4.31. The third kappa shape index (κ3) is 9.52. The molecule has 0 saturated heterocycles. The maximum atomic E-state index is 11.1. The highest BCUT2D eigenvalue weighted by Crippen LogP contribution is 2.12. The Bertz CT molecular complexity index is 521. The van der Waals surface area contributed by atoms with Gasteiger partial charge in [-0.1, -0.05) is 12.1 Å². The molecule has 0 radical (unpaired) electrons. The Morgan fingerprint density at radius 3 is 2.44 bits per heavy atom. The van der Waals surface area contributed by atoms with Crippen molar-refractivity contribution in [3.63, 3.8) is 0 Å². The predicted molar refractivity (Wildman–Crippen MR) is 112 cm³/mol. The van der Waals surface area contributed by atoms with Crippen LogP contribution in [-0.4, -0.2) is 51.2 Å². The summed E-state index contributed by atoms with van der Waals surface area (Å²) in [7, 11) is 5.09. The molecule has 1 N–H and O–H groups in total. The highest BCUT2D eigenvalue weighted by atomic mass is 127. The second kappa shape index (κ2) is 13.7. The predicted octanol–water partition coefficient (Wildman–Crippen LogP) is 3.05. The third-order valence-corrected chi connectivity index (χ3v) is 3.55. The fourth-order valence-corrected chi connectivity index (χ4v) is 2.22. The smallest absolute Gasteiger partial charge is 0.305 e. The first kappa shape index (κ1) is 23.5. The molecule has 0 spiro atoms. The molecule has 0 fully saturated rings. The summed E-state index contributed by atoms with van der Waals surface area (Å²) in [6, 6.07) is 8.02. The van der Waals surface area contributed by atoms with Crippen molar-refractivity contribution >= 4 is 35.9 Å². The van der Waals surface area contributed by atoms with E-state index < -0.39 is 0 Å². The number of hydrogen-bond donors (Lipinski definition) is 1. The van der Waals surface area contributed by atoms with Gasteiger partial charge >= 0.3 is 5.97 Å². The first-order chi connectivity index (χ1) is 11.6. The Labute approximate surface area is 168 Å². The number of carbonyl (C=O) groups excluding carboxylic acids is 1. The van der Waals surface area contributed by atoms with E-state index in [2.05, 4.69) is 32.1 Å². The molecule has 1 rings (SSSR count). The fourth-order valence-electron chi connectivity index (χ4n) is 2.22. The average molecular weight is 463 g/mol. The van der Waals surface area contributed by atoms with E-state index in [1.54, 1.807) is 7.11 Å². The molecule has 0 aliphatic heterocycles. The van der Waals surface area contributed by atoms with Crippen LogP contribution < -0.4 is 10.1 Å². The lowest BCUT2D eigenvalue weighted by Crippen LogP contribution is -2.38. The lowest BCUT2D eigenvalue weighted by molar-refractivity contribution is -0.140. The molecule has 0 saturated carbocycles. The molecule has 142 valence electrons. The lowest BCUT2D eigenvalue weighted by atomic mass is 10.2. The summed E-state index contributed by atoms with van der Waals surface area (Å²) in [5.74, 6) is 1.56. The number of nitrogens with one attached hydrogen (secondary N) is 1. The first-order valence-corrected chi connectivity index (χ1v) is 8.29. The maximum Gasteiger partial charge on any atom is 0.305 e. The molecular weight excluding hydrogens is 433 g/mol. The van der Waals surface area contributed by atoms with Crippen LogP contribution in [0.3, 0.4) is 0 Å². The standard InChI is InChI=1S/C18H29N3O3.HI/c1-5-19-18(20-13-7-6-8-17(22)24-4)21(2)14-15-9-11-16(23-3)12-10-15;/h9-12H,5-8,13-14H2,1-4H3,(H,19,20);1H. The van der Waals surface area contributed by atoms with Crippen LogP contribution >= 0.6 is 24.0 Å². The number of methoxy groups -OCH3 is 2. The van der Waals surface area contributed by atoms with Gasteiger partial charge in [0.1, 0.15) is 5.75 Å². The lowest BCUT2D eigenvalue weighted by Gasteiger charge is -2.22. The van der Waals surface area contributed by atoms with Crippen LogP contribution in [0.25, 0.3) is 0 Å². The molecule has 1 aromatic carbocycles. The van der Waals surface area contributed by atoms with Crippen LogP contribution in [0.5, 0.6) is 5.75 Å². The fraction of sp³-hybridized carbons (Fsp3) is 0.556. The number of esters is 1. The number of aliphatic imine (C=N–C) groups is 1. The molecule has 7 heteroatoms. The van der Waals surface area contributed by atoms with E-state index in [4.69, 9.17) is 4.74 Å². The van der Waals surface area contributed by atoms with Crippen molar-refractivity contribution < 1.29 is 14.3 Å². The number of halogens is 1. The molecule has 0 bridgehead atoms. The molecule has 0 aromatic heterocycles. The quantitative estimate of drug-likeness (QED) is 0.201. The summed E-state index contributed by atoms with van der Waals surface area (Å²) in [6.07, 6.45) is 2.10. The number of ether oxygens (including phenoxy) is 2. The summed E-state index contributed by atoms with van der Waals surface area (Å²) in [5, 5.41) is 3.30. The number of benzene rings is 1. The van der Waals surface area contributed by atoms with Crippen molar-refractivity contribution in [2.75, 3.05) is 34.4 Å². The number of nitrogens with zero attached hydrogens (tertiary/aromatic N) is 2. The maximum absolute atomic E-state index is 11.1. The summed E-state index contributed by atoms with van der Waals surface area (Å²) < 4.78 is 9.81. The van der Waals surface area contributed by atoms with Crippen molar-refractivity contribution in [3.05, 3.63) is 29.8 Å². The topological polar surface area (TPSA) is 63.2 Å². The zero-order chi connectivity index (χ0) is 17.8. The molecule has 1 aromatic rings.